The van der Waals surface area contributed by atoms with Crippen molar-refractivity contribution >= 4 is 46.7 Å². The molecule has 0 fully saturated rings. The first-order valence-corrected chi connectivity index (χ1v) is 8.58. The van der Waals surface area contributed by atoms with Gasteiger partial charge in [-0.25, -0.2) is 5.43 Å². The summed E-state index contributed by atoms with van der Waals surface area (Å²) in [6.45, 7) is 3.83. The highest BCUT2D eigenvalue weighted by Crippen LogP contribution is 2.23. The lowest BCUT2D eigenvalue weighted by Crippen LogP contribution is -2.20. The largest absolute Gasteiger partial charge is 0.326 e. The summed E-state index contributed by atoms with van der Waals surface area (Å²) in [4.78, 5) is 25.7. The van der Waals surface area contributed by atoms with Crippen LogP contribution in [-0.2, 0) is 9.59 Å². The van der Waals surface area contributed by atoms with E-state index in [-0.39, 0.29) is 24.7 Å². The summed E-state index contributed by atoms with van der Waals surface area (Å²) in [5.74, 6) is -0.550. The smallest absolute Gasteiger partial charge is 0.240 e. The number of carbonyl (C=O) groups excluding carboxylic acids is 2. The maximum Gasteiger partial charge on any atom is 0.240 e. The van der Waals surface area contributed by atoms with Crippen molar-refractivity contribution in [2.24, 2.45) is 5.10 Å². The number of halogens is 1. The molecule has 0 aliphatic rings. The van der Waals surface area contributed by atoms with Crippen molar-refractivity contribution in [2.45, 2.75) is 26.7 Å². The van der Waals surface area contributed by atoms with Gasteiger partial charge in [-0.15, -0.1) is 11.3 Å². The first-order valence-electron chi connectivity index (χ1n) is 7.39. The Morgan fingerprint density at radius 1 is 1.17 bits per heavy atom. The van der Waals surface area contributed by atoms with Gasteiger partial charge in [-0.2, -0.15) is 5.10 Å². The summed E-state index contributed by atoms with van der Waals surface area (Å²) < 4.78 is 0. The lowest BCUT2D eigenvalue weighted by molar-refractivity contribution is -0.124. The number of anilines is 1. The van der Waals surface area contributed by atoms with Crippen molar-refractivity contribution in [3.8, 4) is 0 Å². The molecule has 2 amide bonds. The van der Waals surface area contributed by atoms with Gasteiger partial charge in [0.05, 0.1) is 6.21 Å². The number of rotatable bonds is 6. The van der Waals surface area contributed by atoms with Gasteiger partial charge in [-0.1, -0.05) is 17.7 Å². The Labute approximate surface area is 149 Å². The Morgan fingerprint density at radius 3 is 2.62 bits per heavy atom. The molecule has 1 aromatic heterocycles. The molecule has 0 aliphatic heterocycles. The van der Waals surface area contributed by atoms with E-state index in [1.165, 1.54) is 4.88 Å². The minimum Gasteiger partial charge on any atom is -0.326 e. The Bertz CT molecular complexity index is 771. The highest BCUT2D eigenvalue weighted by molar-refractivity contribution is 7.13. The summed E-state index contributed by atoms with van der Waals surface area (Å²) >= 11 is 7.59. The van der Waals surface area contributed by atoms with E-state index in [4.69, 9.17) is 11.6 Å². The molecule has 2 aromatic rings. The first-order chi connectivity index (χ1) is 11.5. The van der Waals surface area contributed by atoms with Gasteiger partial charge in [-0.3, -0.25) is 9.59 Å². The van der Waals surface area contributed by atoms with Gasteiger partial charge in [0.1, 0.15) is 0 Å². The third-order valence-corrected chi connectivity index (χ3v) is 4.61. The number of benzene rings is 1. The van der Waals surface area contributed by atoms with Crippen molar-refractivity contribution in [2.75, 3.05) is 5.32 Å². The average Bonchev–Trinajstić information content (AvgIpc) is 2.95. The van der Waals surface area contributed by atoms with E-state index in [0.29, 0.717) is 10.7 Å². The van der Waals surface area contributed by atoms with Crippen LogP contribution in [0.3, 0.4) is 0 Å². The molecule has 2 rings (SSSR count). The fourth-order valence-electron chi connectivity index (χ4n) is 1.93. The van der Waals surface area contributed by atoms with Crippen molar-refractivity contribution < 1.29 is 9.59 Å². The quantitative estimate of drug-likeness (QED) is 0.603. The third-order valence-electron chi connectivity index (χ3n) is 3.26. The average molecular weight is 364 g/mol. The second-order valence-electron chi connectivity index (χ2n) is 5.20. The topological polar surface area (TPSA) is 70.6 Å². The van der Waals surface area contributed by atoms with Crippen LogP contribution in [0.4, 0.5) is 5.69 Å². The van der Waals surface area contributed by atoms with E-state index in [2.05, 4.69) is 15.8 Å². The molecule has 1 aromatic carbocycles. The first kappa shape index (κ1) is 18.2. The molecule has 0 aliphatic carbocycles. The number of thiophene rings is 1. The normalized spacial score (nSPS) is 10.8. The highest BCUT2D eigenvalue weighted by atomic mass is 35.5. The zero-order valence-electron chi connectivity index (χ0n) is 13.4. The molecule has 126 valence electrons. The fourth-order valence-corrected chi connectivity index (χ4v) is 2.85. The number of hydrogen-bond acceptors (Lipinski definition) is 4. The molecule has 0 radical (unpaired) electrons. The second kappa shape index (κ2) is 8.61. The molecule has 5 nitrogen and oxygen atoms in total. The minimum atomic E-state index is -0.308. The molecular formula is C17H18ClN3O2S. The van der Waals surface area contributed by atoms with Gasteiger partial charge in [0.25, 0.3) is 0 Å². The van der Waals surface area contributed by atoms with Crippen LogP contribution in [0.5, 0.6) is 0 Å². The Morgan fingerprint density at radius 2 is 1.92 bits per heavy atom. The number of amides is 2. The summed E-state index contributed by atoms with van der Waals surface area (Å²) in [5.41, 5.74) is 3.87. The summed E-state index contributed by atoms with van der Waals surface area (Å²) in [6.07, 6.45) is 1.72. The summed E-state index contributed by atoms with van der Waals surface area (Å²) in [6, 6.07) is 9.20. The van der Waals surface area contributed by atoms with Crippen LogP contribution in [0.25, 0.3) is 0 Å². The van der Waals surface area contributed by atoms with Crippen LogP contribution in [0.2, 0.25) is 5.02 Å². The van der Waals surface area contributed by atoms with E-state index >= 15 is 0 Å². The third kappa shape index (κ3) is 5.47. The van der Waals surface area contributed by atoms with Crippen LogP contribution in [0, 0.1) is 13.8 Å². The van der Waals surface area contributed by atoms with Crippen molar-refractivity contribution in [1.29, 1.82) is 0 Å². The Kier molecular flexibility index (Phi) is 6.52. The number of nitrogens with one attached hydrogen (secondary N) is 2. The van der Waals surface area contributed by atoms with Gasteiger partial charge in [0.2, 0.25) is 11.8 Å². The Balaban J connectivity index is 1.76. The number of nitrogens with zero attached hydrogens (tertiary/aromatic N) is 1. The zero-order chi connectivity index (χ0) is 17.5. The standard InChI is InChI=1S/C17H18ClN3O2S/c1-11-6-7-13(24-11)10-19-21-17(23)9-8-16(22)20-15-5-3-4-14(18)12(15)2/h3-7,10H,8-9H2,1-2H3,(H,20,22)(H,21,23)/b19-10+. The van der Waals surface area contributed by atoms with Crippen LogP contribution < -0.4 is 10.7 Å². The summed E-state index contributed by atoms with van der Waals surface area (Å²) in [7, 11) is 0. The van der Waals surface area contributed by atoms with Crippen molar-refractivity contribution in [3.05, 3.63) is 50.7 Å². The molecule has 0 bridgehead atoms. The van der Waals surface area contributed by atoms with Gasteiger partial charge >= 0.3 is 0 Å². The predicted molar refractivity (Wildman–Crippen MR) is 98.8 cm³/mol. The van der Waals surface area contributed by atoms with Crippen molar-refractivity contribution in [3.63, 3.8) is 0 Å². The lowest BCUT2D eigenvalue weighted by atomic mass is 10.2. The molecular weight excluding hydrogens is 346 g/mol. The maximum atomic E-state index is 11.9. The minimum absolute atomic E-state index is 0.0618. The number of hydrazone groups is 1. The van der Waals surface area contributed by atoms with Crippen LogP contribution >= 0.6 is 22.9 Å². The van der Waals surface area contributed by atoms with Gasteiger partial charge in [0.15, 0.2) is 0 Å². The van der Waals surface area contributed by atoms with Crippen molar-refractivity contribution in [1.82, 2.24) is 5.43 Å². The SMILES string of the molecule is Cc1ccc(/C=N/NC(=O)CCC(=O)Nc2cccc(Cl)c2C)s1. The Hall–Kier alpha value is -2.18. The maximum absolute atomic E-state index is 11.9. The monoisotopic (exact) mass is 363 g/mol. The van der Waals surface area contributed by atoms with Gasteiger partial charge in [0, 0.05) is 33.3 Å². The molecule has 24 heavy (non-hydrogen) atoms. The van der Waals surface area contributed by atoms with E-state index in [0.717, 1.165) is 10.4 Å². The summed E-state index contributed by atoms with van der Waals surface area (Å²) in [5, 5.41) is 7.22. The molecule has 0 atom stereocenters. The number of carbonyl (C=O) groups is 2. The second-order valence-corrected chi connectivity index (χ2v) is 6.93. The van der Waals surface area contributed by atoms with E-state index < -0.39 is 0 Å². The zero-order valence-corrected chi connectivity index (χ0v) is 15.0. The molecule has 0 saturated carbocycles. The van der Waals surface area contributed by atoms with Crippen LogP contribution in [0.1, 0.15) is 28.2 Å². The molecule has 7 heteroatoms. The van der Waals surface area contributed by atoms with E-state index in [1.54, 1.807) is 35.8 Å². The van der Waals surface area contributed by atoms with E-state index in [9.17, 15) is 9.59 Å². The molecule has 0 unspecified atom stereocenters. The van der Waals surface area contributed by atoms with Crippen LogP contribution in [-0.4, -0.2) is 18.0 Å². The lowest BCUT2D eigenvalue weighted by Gasteiger charge is -2.09. The number of hydrogen-bond donors (Lipinski definition) is 2. The molecule has 2 N–H and O–H groups in total. The fraction of sp³-hybridized carbons (Fsp3) is 0.235. The molecule has 0 spiro atoms. The number of aryl methyl sites for hydroxylation is 1. The van der Waals surface area contributed by atoms with Gasteiger partial charge in [-0.05, 0) is 43.7 Å². The predicted octanol–water partition coefficient (Wildman–Crippen LogP) is 3.89. The highest BCUT2D eigenvalue weighted by Gasteiger charge is 2.09. The van der Waals surface area contributed by atoms with Gasteiger partial charge < -0.3 is 5.32 Å². The van der Waals surface area contributed by atoms with Crippen LogP contribution in [0.15, 0.2) is 35.4 Å². The van der Waals surface area contributed by atoms with E-state index in [1.807, 2.05) is 26.0 Å². The molecule has 0 saturated heterocycles. The molecule has 1 heterocycles.